The molecule has 0 N–H and O–H groups in total. The summed E-state index contributed by atoms with van der Waals surface area (Å²) in [5, 5.41) is 0. The Labute approximate surface area is 155 Å². The van der Waals surface area contributed by atoms with Crippen molar-refractivity contribution in [2.75, 3.05) is 19.6 Å². The van der Waals surface area contributed by atoms with Gasteiger partial charge in [0.05, 0.1) is 11.2 Å². The monoisotopic (exact) mass is 358 g/mol. The van der Waals surface area contributed by atoms with Gasteiger partial charge in [0, 0.05) is 24.9 Å². The van der Waals surface area contributed by atoms with Gasteiger partial charge in [-0.1, -0.05) is 6.07 Å². The van der Waals surface area contributed by atoms with E-state index >= 15 is 4.39 Å². The smallest absolute Gasteiger partial charge is 0.398 e. The zero-order chi connectivity index (χ0) is 18.5. The molecule has 0 aliphatic carbocycles. The first-order chi connectivity index (χ1) is 12.3. The van der Waals surface area contributed by atoms with Crippen LogP contribution in [-0.2, 0) is 9.31 Å². The summed E-state index contributed by atoms with van der Waals surface area (Å²) in [6, 6.07) is 3.82. The van der Waals surface area contributed by atoms with Gasteiger partial charge in [-0.15, -0.1) is 0 Å². The van der Waals surface area contributed by atoms with Gasteiger partial charge in [0.1, 0.15) is 5.73 Å². The first-order valence-corrected chi connectivity index (χ1v) is 9.66. The maximum atomic E-state index is 15.8. The second-order valence-electron chi connectivity index (χ2n) is 8.84. The summed E-state index contributed by atoms with van der Waals surface area (Å²) in [4.78, 5) is 6.68. The molecule has 5 heterocycles. The average Bonchev–Trinajstić information content (AvgIpc) is 2.85. The third-order valence-electron chi connectivity index (χ3n) is 6.72. The Morgan fingerprint density at radius 2 is 1.85 bits per heavy atom. The normalized spacial score (nSPS) is 33.3. The van der Waals surface area contributed by atoms with Gasteiger partial charge < -0.3 is 14.2 Å². The standard InChI is InChI=1S/C20H28BFN2O2/c1-19(2)20(3,4)26-21(25-19)18(22)17(15-6-5-9-23-12-15)16-13-24-10-7-14(16)8-11-24/h5-6,9,12,14,16H,7-8,10-11,13H2,1-4H3. The van der Waals surface area contributed by atoms with Crippen molar-refractivity contribution >= 4 is 12.7 Å². The number of pyridine rings is 1. The Kier molecular flexibility index (Phi) is 4.49. The van der Waals surface area contributed by atoms with E-state index in [0.29, 0.717) is 5.92 Å². The van der Waals surface area contributed by atoms with Gasteiger partial charge in [0.15, 0.2) is 0 Å². The fourth-order valence-corrected chi connectivity index (χ4v) is 4.42. The Bertz CT molecular complexity index is 683. The van der Waals surface area contributed by atoms with Gasteiger partial charge in [-0.05, 0) is 76.7 Å². The Balaban J connectivity index is 1.74. The van der Waals surface area contributed by atoms with E-state index in [9.17, 15) is 0 Å². The Morgan fingerprint density at radius 1 is 1.19 bits per heavy atom. The zero-order valence-electron chi connectivity index (χ0n) is 16.2. The molecule has 0 amide bonds. The van der Waals surface area contributed by atoms with Crippen molar-refractivity contribution in [3.8, 4) is 0 Å². The summed E-state index contributed by atoms with van der Waals surface area (Å²) in [5.41, 5.74) is 0.189. The predicted molar refractivity (Wildman–Crippen MR) is 101 cm³/mol. The molecule has 0 radical (unpaired) electrons. The van der Waals surface area contributed by atoms with Crippen LogP contribution in [0.3, 0.4) is 0 Å². The lowest BCUT2D eigenvalue weighted by atomic mass is 9.70. The maximum Gasteiger partial charge on any atom is 0.525 e. The predicted octanol–water partition coefficient (Wildman–Crippen LogP) is 3.74. The Morgan fingerprint density at radius 3 is 2.35 bits per heavy atom. The third-order valence-corrected chi connectivity index (χ3v) is 6.72. The number of rotatable bonds is 3. The second kappa shape index (κ2) is 6.43. The van der Waals surface area contributed by atoms with E-state index < -0.39 is 18.3 Å². The number of aromatic nitrogens is 1. The number of fused-ring (bicyclic) bond motifs is 3. The molecule has 4 saturated heterocycles. The molecule has 1 aromatic heterocycles. The highest BCUT2D eigenvalue weighted by Gasteiger charge is 2.54. The lowest BCUT2D eigenvalue weighted by Gasteiger charge is -2.46. The van der Waals surface area contributed by atoms with Crippen LogP contribution >= 0.6 is 0 Å². The summed E-state index contributed by atoms with van der Waals surface area (Å²) >= 11 is 0. The molecule has 26 heavy (non-hydrogen) atoms. The largest absolute Gasteiger partial charge is 0.525 e. The maximum absolute atomic E-state index is 15.8. The molecule has 140 valence electrons. The van der Waals surface area contributed by atoms with E-state index in [1.165, 1.54) is 0 Å². The molecule has 0 saturated carbocycles. The van der Waals surface area contributed by atoms with Crippen LogP contribution in [0.15, 0.2) is 30.3 Å². The molecule has 0 spiro atoms. The number of nitrogens with zero attached hydrogens (tertiary/aromatic N) is 2. The molecule has 2 bridgehead atoms. The number of piperidine rings is 3. The summed E-state index contributed by atoms with van der Waals surface area (Å²) in [7, 11) is -0.953. The minimum atomic E-state index is -0.953. The molecular weight excluding hydrogens is 330 g/mol. The van der Waals surface area contributed by atoms with Gasteiger partial charge in [0.2, 0.25) is 0 Å². The van der Waals surface area contributed by atoms with Gasteiger partial charge in [0.25, 0.3) is 0 Å². The number of hydrogen-bond donors (Lipinski definition) is 0. The topological polar surface area (TPSA) is 34.6 Å². The van der Waals surface area contributed by atoms with E-state index in [0.717, 1.165) is 43.6 Å². The minimum Gasteiger partial charge on any atom is -0.398 e. The van der Waals surface area contributed by atoms with Gasteiger partial charge >= 0.3 is 7.12 Å². The van der Waals surface area contributed by atoms with Crippen LogP contribution in [0.4, 0.5) is 4.39 Å². The van der Waals surface area contributed by atoms with Crippen molar-refractivity contribution in [1.82, 2.24) is 9.88 Å². The van der Waals surface area contributed by atoms with E-state index in [4.69, 9.17) is 9.31 Å². The van der Waals surface area contributed by atoms with E-state index in [1.807, 2.05) is 39.8 Å². The van der Waals surface area contributed by atoms with Crippen LogP contribution in [0.25, 0.3) is 5.57 Å². The van der Waals surface area contributed by atoms with Crippen LogP contribution in [0.2, 0.25) is 0 Å². The van der Waals surface area contributed by atoms with E-state index in [1.54, 1.807) is 12.4 Å². The van der Waals surface area contributed by atoms with Crippen molar-refractivity contribution in [3.05, 3.63) is 35.8 Å². The molecule has 1 atom stereocenters. The fraction of sp³-hybridized carbons (Fsp3) is 0.650. The first-order valence-electron chi connectivity index (χ1n) is 9.66. The summed E-state index contributed by atoms with van der Waals surface area (Å²) in [6.45, 7) is 11.0. The molecule has 1 aromatic rings. The summed E-state index contributed by atoms with van der Waals surface area (Å²) < 4.78 is 27.9. The average molecular weight is 358 g/mol. The number of hydrogen-bond acceptors (Lipinski definition) is 4. The molecule has 6 heteroatoms. The second-order valence-corrected chi connectivity index (χ2v) is 8.84. The highest BCUT2D eigenvalue weighted by molar-refractivity contribution is 6.55. The van der Waals surface area contributed by atoms with Crippen molar-refractivity contribution in [1.29, 1.82) is 0 Å². The quantitative estimate of drug-likeness (QED) is 0.771. The molecule has 4 aliphatic rings. The van der Waals surface area contributed by atoms with Crippen LogP contribution in [0, 0.1) is 11.8 Å². The lowest BCUT2D eigenvalue weighted by Crippen LogP contribution is -2.48. The van der Waals surface area contributed by atoms with Crippen molar-refractivity contribution in [2.45, 2.75) is 51.7 Å². The van der Waals surface area contributed by atoms with E-state index in [-0.39, 0.29) is 11.6 Å². The van der Waals surface area contributed by atoms with E-state index in [2.05, 4.69) is 9.88 Å². The SMILES string of the molecule is CC1(C)OB(C(F)=C(c2cccnc2)C2CN3CCC2CC3)OC1(C)C. The van der Waals surface area contributed by atoms with Crippen LogP contribution < -0.4 is 0 Å². The molecule has 4 fully saturated rings. The molecule has 0 aromatic carbocycles. The molecule has 4 aliphatic heterocycles. The van der Waals surface area contributed by atoms with Gasteiger partial charge in [-0.3, -0.25) is 4.98 Å². The fourth-order valence-electron chi connectivity index (χ4n) is 4.42. The zero-order valence-corrected chi connectivity index (χ0v) is 16.2. The van der Waals surface area contributed by atoms with Crippen molar-refractivity contribution < 1.29 is 13.7 Å². The highest BCUT2D eigenvalue weighted by atomic mass is 19.1. The van der Waals surface area contributed by atoms with Crippen LogP contribution in [0.1, 0.15) is 46.1 Å². The third kappa shape index (κ3) is 3.02. The molecular formula is C20H28BFN2O2. The van der Waals surface area contributed by atoms with Crippen LogP contribution in [0.5, 0.6) is 0 Å². The number of halogens is 1. The van der Waals surface area contributed by atoms with Gasteiger partial charge in [-0.25, -0.2) is 4.39 Å². The molecule has 1 unspecified atom stereocenters. The Hall–Kier alpha value is -1.24. The van der Waals surface area contributed by atoms with Crippen molar-refractivity contribution in [2.24, 2.45) is 11.8 Å². The van der Waals surface area contributed by atoms with Crippen molar-refractivity contribution in [3.63, 3.8) is 0 Å². The van der Waals surface area contributed by atoms with Gasteiger partial charge in [-0.2, -0.15) is 0 Å². The summed E-state index contributed by atoms with van der Waals surface area (Å²) in [5.74, 6) is 0.684. The minimum absolute atomic E-state index is 0.167. The highest BCUT2D eigenvalue weighted by Crippen LogP contribution is 2.45. The molecule has 4 nitrogen and oxygen atoms in total. The van der Waals surface area contributed by atoms with Crippen LogP contribution in [-0.4, -0.2) is 47.8 Å². The summed E-state index contributed by atoms with van der Waals surface area (Å²) in [6.07, 6.45) is 5.75. The lowest BCUT2D eigenvalue weighted by molar-refractivity contribution is 0.00578. The molecule has 5 rings (SSSR count). The first kappa shape index (κ1) is 18.1.